The molecule has 1 aliphatic heterocycles. The zero-order valence-corrected chi connectivity index (χ0v) is 22.2. The molecule has 8 nitrogen and oxygen atoms in total. The fourth-order valence-corrected chi connectivity index (χ4v) is 4.71. The molecule has 5 rings (SSSR count). The molecule has 192 valence electrons. The Kier molecular flexibility index (Phi) is 7.37. The molecule has 38 heavy (non-hydrogen) atoms. The number of carboxylic acid groups (broad SMARTS) is 1. The Morgan fingerprint density at radius 1 is 0.974 bits per heavy atom. The molecule has 1 aliphatic rings. The molecule has 1 amide bonds. The van der Waals surface area contributed by atoms with Crippen molar-refractivity contribution in [3.05, 3.63) is 101 Å². The van der Waals surface area contributed by atoms with Crippen LogP contribution in [0.4, 0.5) is 0 Å². The Morgan fingerprint density at radius 2 is 1.66 bits per heavy atom. The minimum Gasteiger partial charge on any atom is -0.497 e. The zero-order chi connectivity index (χ0) is 26.6. The van der Waals surface area contributed by atoms with Gasteiger partial charge in [-0.25, -0.2) is 9.69 Å². The second kappa shape index (κ2) is 11.0. The van der Waals surface area contributed by atoms with Crippen LogP contribution in [0.3, 0.4) is 0 Å². The number of carbonyl (C=O) groups is 2. The first-order valence-electron chi connectivity index (χ1n) is 12.1. The first-order chi connectivity index (χ1) is 18.4. The number of hydrogen-bond donors (Lipinski definition) is 1. The predicted octanol–water partition coefficient (Wildman–Crippen LogP) is 5.85. The van der Waals surface area contributed by atoms with Crippen molar-refractivity contribution >= 4 is 33.5 Å². The zero-order valence-electron chi connectivity index (χ0n) is 20.6. The minimum absolute atomic E-state index is 0.145. The molecule has 0 aliphatic carbocycles. The molecule has 0 saturated carbocycles. The third kappa shape index (κ3) is 5.38. The van der Waals surface area contributed by atoms with Crippen molar-refractivity contribution in [2.75, 3.05) is 7.11 Å². The van der Waals surface area contributed by atoms with E-state index in [1.165, 1.54) is 5.01 Å². The largest absolute Gasteiger partial charge is 0.497 e. The van der Waals surface area contributed by atoms with Gasteiger partial charge in [-0.15, -0.1) is 0 Å². The molecule has 1 N–H and O–H groups in total. The summed E-state index contributed by atoms with van der Waals surface area (Å²) >= 11 is 3.46. The third-order valence-electron chi connectivity index (χ3n) is 6.38. The summed E-state index contributed by atoms with van der Waals surface area (Å²) in [6, 6.07) is 24.6. The molecular weight excluding hydrogens is 548 g/mol. The van der Waals surface area contributed by atoms with Crippen LogP contribution >= 0.6 is 15.9 Å². The molecule has 3 aromatic carbocycles. The lowest BCUT2D eigenvalue weighted by Crippen LogP contribution is -2.27. The Morgan fingerprint density at radius 3 is 2.32 bits per heavy atom. The number of benzene rings is 3. The van der Waals surface area contributed by atoms with Gasteiger partial charge in [-0.3, -0.25) is 9.59 Å². The van der Waals surface area contributed by atoms with E-state index in [4.69, 9.17) is 14.9 Å². The van der Waals surface area contributed by atoms with Crippen LogP contribution < -0.4 is 4.74 Å². The number of rotatable bonds is 8. The maximum absolute atomic E-state index is 13.3. The van der Waals surface area contributed by atoms with Gasteiger partial charge in [0, 0.05) is 34.6 Å². The van der Waals surface area contributed by atoms with E-state index >= 15 is 0 Å². The van der Waals surface area contributed by atoms with Crippen LogP contribution in [0.1, 0.15) is 36.4 Å². The number of halogens is 1. The first kappa shape index (κ1) is 25.4. The molecular formula is C29H25BrN4O4. The van der Waals surface area contributed by atoms with E-state index in [0.29, 0.717) is 12.1 Å². The van der Waals surface area contributed by atoms with Crippen LogP contribution in [0.2, 0.25) is 0 Å². The normalized spacial score (nSPS) is 14.8. The van der Waals surface area contributed by atoms with Gasteiger partial charge in [-0.1, -0.05) is 46.3 Å². The number of para-hydroxylation sites is 1. The highest BCUT2D eigenvalue weighted by Crippen LogP contribution is 2.39. The van der Waals surface area contributed by atoms with Gasteiger partial charge < -0.3 is 9.84 Å². The maximum atomic E-state index is 13.3. The highest BCUT2D eigenvalue weighted by atomic mass is 79.9. The van der Waals surface area contributed by atoms with Crippen molar-refractivity contribution in [1.82, 2.24) is 14.8 Å². The van der Waals surface area contributed by atoms with E-state index in [1.54, 1.807) is 11.8 Å². The van der Waals surface area contributed by atoms with Crippen molar-refractivity contribution in [3.8, 4) is 22.7 Å². The van der Waals surface area contributed by atoms with E-state index in [0.717, 1.165) is 38.3 Å². The average Bonchev–Trinajstić information content (AvgIpc) is 3.58. The molecule has 1 aromatic heterocycles. The van der Waals surface area contributed by atoms with Gasteiger partial charge in [0.25, 0.3) is 0 Å². The number of carboxylic acids is 1. The van der Waals surface area contributed by atoms with Crippen LogP contribution in [-0.2, 0) is 9.59 Å². The quantitative estimate of drug-likeness (QED) is 0.285. The van der Waals surface area contributed by atoms with E-state index in [9.17, 15) is 14.7 Å². The molecule has 4 aromatic rings. The summed E-state index contributed by atoms with van der Waals surface area (Å²) in [5, 5.41) is 20.2. The van der Waals surface area contributed by atoms with Gasteiger partial charge in [0.15, 0.2) is 0 Å². The van der Waals surface area contributed by atoms with E-state index in [1.807, 2.05) is 85.1 Å². The van der Waals surface area contributed by atoms with Crippen molar-refractivity contribution < 1.29 is 19.4 Å². The Labute approximate surface area is 228 Å². The molecule has 9 heteroatoms. The van der Waals surface area contributed by atoms with E-state index < -0.39 is 12.0 Å². The Hall–Kier alpha value is -4.24. The number of hydrazone groups is 1. The molecule has 2 heterocycles. The monoisotopic (exact) mass is 572 g/mol. The van der Waals surface area contributed by atoms with Crippen molar-refractivity contribution in [2.45, 2.75) is 25.3 Å². The average molecular weight is 573 g/mol. The number of amides is 1. The number of ether oxygens (including phenoxy) is 1. The minimum atomic E-state index is -1.03. The van der Waals surface area contributed by atoms with Gasteiger partial charge >= 0.3 is 5.97 Å². The van der Waals surface area contributed by atoms with Gasteiger partial charge in [0.2, 0.25) is 5.91 Å². The number of nitrogens with zero attached hydrogens (tertiary/aromatic N) is 4. The summed E-state index contributed by atoms with van der Waals surface area (Å²) in [6.07, 6.45) is 1.98. The Balaban J connectivity index is 1.60. The van der Waals surface area contributed by atoms with Gasteiger partial charge in [-0.2, -0.15) is 10.2 Å². The van der Waals surface area contributed by atoms with Crippen LogP contribution in [-0.4, -0.2) is 44.6 Å². The summed E-state index contributed by atoms with van der Waals surface area (Å²) < 4.78 is 8.07. The standard InChI is InChI=1S/C29H25BrN4O4/c1-38-23-13-9-20(10-14-23)29-24(18-33(32-29)22-5-3-2-4-6-22)26-17-25(19-7-11-21(30)12-8-19)31-34(26)27(35)15-16-28(36)37/h2-14,18,26H,15-17H2,1H3,(H,36,37)/t26-/m1/s1. The molecule has 0 radical (unpaired) electrons. The van der Waals surface area contributed by atoms with Crippen molar-refractivity contribution in [1.29, 1.82) is 0 Å². The number of hydrogen-bond acceptors (Lipinski definition) is 5. The predicted molar refractivity (Wildman–Crippen MR) is 147 cm³/mol. The maximum Gasteiger partial charge on any atom is 0.303 e. The highest BCUT2D eigenvalue weighted by molar-refractivity contribution is 9.10. The molecule has 1 atom stereocenters. The topological polar surface area (TPSA) is 97.0 Å². The lowest BCUT2D eigenvalue weighted by atomic mass is 9.96. The lowest BCUT2D eigenvalue weighted by molar-refractivity contribution is -0.141. The summed E-state index contributed by atoms with van der Waals surface area (Å²) in [7, 11) is 1.62. The second-order valence-electron chi connectivity index (χ2n) is 8.85. The summed E-state index contributed by atoms with van der Waals surface area (Å²) in [5.41, 5.74) is 4.92. The van der Waals surface area contributed by atoms with Crippen molar-refractivity contribution in [3.63, 3.8) is 0 Å². The molecule has 0 unspecified atom stereocenters. The molecule has 0 fully saturated rings. The molecule has 0 spiro atoms. The third-order valence-corrected chi connectivity index (χ3v) is 6.91. The summed E-state index contributed by atoms with van der Waals surface area (Å²) in [5.74, 6) is -0.648. The van der Waals surface area contributed by atoms with Crippen molar-refractivity contribution in [2.24, 2.45) is 5.10 Å². The summed E-state index contributed by atoms with van der Waals surface area (Å²) in [6.45, 7) is 0. The number of methoxy groups -OCH3 is 1. The molecule has 0 bridgehead atoms. The highest BCUT2D eigenvalue weighted by Gasteiger charge is 2.36. The van der Waals surface area contributed by atoms with Crippen LogP contribution in [0, 0.1) is 0 Å². The van der Waals surface area contributed by atoms with Crippen LogP contribution in [0.15, 0.2) is 94.6 Å². The smallest absolute Gasteiger partial charge is 0.303 e. The van der Waals surface area contributed by atoms with Crippen LogP contribution in [0.25, 0.3) is 16.9 Å². The summed E-state index contributed by atoms with van der Waals surface area (Å²) in [4.78, 5) is 24.5. The van der Waals surface area contributed by atoms with E-state index in [2.05, 4.69) is 15.9 Å². The van der Waals surface area contributed by atoms with Gasteiger partial charge in [0.1, 0.15) is 5.75 Å². The SMILES string of the molecule is COc1ccc(-c2nn(-c3ccccc3)cc2[C@H]2CC(c3ccc(Br)cc3)=NN2C(=O)CCC(=O)O)cc1. The van der Waals surface area contributed by atoms with E-state index in [-0.39, 0.29) is 18.7 Å². The van der Waals surface area contributed by atoms with Gasteiger partial charge in [-0.05, 0) is 54.1 Å². The number of carbonyl (C=O) groups excluding carboxylic acids is 1. The number of aliphatic carboxylic acids is 1. The Bertz CT molecular complexity index is 1480. The fourth-order valence-electron chi connectivity index (χ4n) is 4.45. The fraction of sp³-hybridized carbons (Fsp3) is 0.172. The first-order valence-corrected chi connectivity index (χ1v) is 12.9. The van der Waals surface area contributed by atoms with Crippen LogP contribution in [0.5, 0.6) is 5.75 Å². The van der Waals surface area contributed by atoms with Gasteiger partial charge in [0.05, 0.1) is 36.7 Å². The lowest BCUT2D eigenvalue weighted by Gasteiger charge is -2.21. The molecule has 0 saturated heterocycles. The second-order valence-corrected chi connectivity index (χ2v) is 9.76. The number of aromatic nitrogens is 2.